The van der Waals surface area contributed by atoms with E-state index in [1.807, 2.05) is 37.5 Å². The van der Waals surface area contributed by atoms with Crippen molar-refractivity contribution in [3.63, 3.8) is 0 Å². The van der Waals surface area contributed by atoms with Crippen LogP contribution in [-0.2, 0) is 0 Å². The molecular formula is C11H15ClN2. The zero-order chi connectivity index (χ0) is 10.4. The van der Waals surface area contributed by atoms with Gasteiger partial charge in [-0.3, -0.25) is 4.99 Å². The lowest BCUT2D eigenvalue weighted by atomic mass is 10.3. The third-order valence-electron chi connectivity index (χ3n) is 1.90. The zero-order valence-corrected chi connectivity index (χ0v) is 9.33. The van der Waals surface area contributed by atoms with Crippen molar-refractivity contribution < 1.29 is 0 Å². The highest BCUT2D eigenvalue weighted by Gasteiger charge is 1.99. The van der Waals surface area contributed by atoms with Gasteiger partial charge in [0.05, 0.1) is 6.34 Å². The molecule has 0 unspecified atom stereocenters. The number of aliphatic imine (C=N–C) groups is 1. The predicted molar refractivity (Wildman–Crippen MR) is 63.5 cm³/mol. The molecule has 0 aromatic heterocycles. The summed E-state index contributed by atoms with van der Waals surface area (Å²) in [5, 5.41) is 0.761. The Balaban J connectivity index is 2.78. The van der Waals surface area contributed by atoms with Crippen LogP contribution in [0.4, 0.5) is 5.69 Å². The van der Waals surface area contributed by atoms with Crippen LogP contribution in [0.2, 0.25) is 5.02 Å². The summed E-state index contributed by atoms with van der Waals surface area (Å²) in [6.45, 7) is 5.83. The lowest BCUT2D eigenvalue weighted by Crippen LogP contribution is -2.20. The van der Waals surface area contributed by atoms with Gasteiger partial charge in [0.15, 0.2) is 0 Å². The molecule has 14 heavy (non-hydrogen) atoms. The van der Waals surface area contributed by atoms with Gasteiger partial charge in [-0.15, -0.1) is 0 Å². The van der Waals surface area contributed by atoms with E-state index in [0.717, 1.165) is 23.8 Å². The highest BCUT2D eigenvalue weighted by atomic mass is 35.5. The predicted octanol–water partition coefficient (Wildman–Crippen LogP) is 3.21. The van der Waals surface area contributed by atoms with Gasteiger partial charge in [0.2, 0.25) is 0 Å². The van der Waals surface area contributed by atoms with Crippen LogP contribution in [0.1, 0.15) is 13.8 Å². The average molecular weight is 211 g/mol. The maximum absolute atomic E-state index is 5.81. The number of nitrogens with zero attached hydrogens (tertiary/aromatic N) is 2. The topological polar surface area (TPSA) is 15.6 Å². The Hall–Kier alpha value is -1.02. The number of benzene rings is 1. The SMILES string of the molecule is CCN=CN(CC)c1ccc(Cl)cc1. The molecule has 0 amide bonds. The van der Waals surface area contributed by atoms with Crippen LogP contribution in [0.3, 0.4) is 0 Å². The third-order valence-corrected chi connectivity index (χ3v) is 2.15. The second kappa shape index (κ2) is 5.66. The van der Waals surface area contributed by atoms with Crippen molar-refractivity contribution in [3.05, 3.63) is 29.3 Å². The fourth-order valence-electron chi connectivity index (χ4n) is 1.14. The number of hydrogen-bond acceptors (Lipinski definition) is 1. The Labute approximate surface area is 90.2 Å². The summed E-state index contributed by atoms with van der Waals surface area (Å²) in [4.78, 5) is 6.29. The lowest BCUT2D eigenvalue weighted by molar-refractivity contribution is 1.05. The molecule has 0 spiro atoms. The molecule has 76 valence electrons. The van der Waals surface area contributed by atoms with Gasteiger partial charge in [-0.25, -0.2) is 0 Å². The van der Waals surface area contributed by atoms with Crippen molar-refractivity contribution >= 4 is 23.6 Å². The fraction of sp³-hybridized carbons (Fsp3) is 0.364. The molecule has 0 atom stereocenters. The Kier molecular flexibility index (Phi) is 4.47. The molecule has 0 heterocycles. The van der Waals surface area contributed by atoms with Crippen LogP contribution in [0, 0.1) is 0 Å². The number of halogens is 1. The third kappa shape index (κ3) is 3.04. The zero-order valence-electron chi connectivity index (χ0n) is 8.57. The maximum Gasteiger partial charge on any atom is 0.0894 e. The summed E-state index contributed by atoms with van der Waals surface area (Å²) < 4.78 is 0. The molecule has 0 aliphatic carbocycles. The number of anilines is 1. The van der Waals surface area contributed by atoms with Crippen molar-refractivity contribution in [1.82, 2.24) is 0 Å². The molecule has 1 aromatic rings. The van der Waals surface area contributed by atoms with Crippen LogP contribution in [0.25, 0.3) is 0 Å². The van der Waals surface area contributed by atoms with E-state index in [0.29, 0.717) is 0 Å². The van der Waals surface area contributed by atoms with Crippen LogP contribution < -0.4 is 4.90 Å². The quantitative estimate of drug-likeness (QED) is 0.551. The largest absolute Gasteiger partial charge is 0.333 e. The van der Waals surface area contributed by atoms with Crippen LogP contribution >= 0.6 is 11.6 Å². The molecule has 2 nitrogen and oxygen atoms in total. The first-order valence-electron chi connectivity index (χ1n) is 4.80. The minimum absolute atomic E-state index is 0.761. The van der Waals surface area contributed by atoms with E-state index in [4.69, 9.17) is 11.6 Å². The molecule has 0 aliphatic heterocycles. The highest BCUT2D eigenvalue weighted by Crippen LogP contribution is 2.16. The van der Waals surface area contributed by atoms with Gasteiger partial charge in [0.25, 0.3) is 0 Å². The lowest BCUT2D eigenvalue weighted by Gasteiger charge is -2.17. The molecule has 0 saturated carbocycles. The van der Waals surface area contributed by atoms with Crippen LogP contribution in [-0.4, -0.2) is 19.4 Å². The monoisotopic (exact) mass is 210 g/mol. The Morgan fingerprint density at radius 2 is 1.93 bits per heavy atom. The molecule has 1 rings (SSSR count). The molecule has 0 fully saturated rings. The van der Waals surface area contributed by atoms with E-state index >= 15 is 0 Å². The standard InChI is InChI=1S/C11H15ClN2/c1-3-13-9-14(4-2)11-7-5-10(12)6-8-11/h5-9H,3-4H2,1-2H3. The molecule has 0 bridgehead atoms. The molecule has 0 aliphatic rings. The number of rotatable bonds is 4. The first-order chi connectivity index (χ1) is 6.77. The van der Waals surface area contributed by atoms with Gasteiger partial charge in [-0.2, -0.15) is 0 Å². The molecule has 1 aromatic carbocycles. The van der Waals surface area contributed by atoms with Gasteiger partial charge >= 0.3 is 0 Å². The molecular weight excluding hydrogens is 196 g/mol. The van der Waals surface area contributed by atoms with Crippen molar-refractivity contribution in [2.75, 3.05) is 18.0 Å². The second-order valence-electron chi connectivity index (χ2n) is 2.88. The summed E-state index contributed by atoms with van der Waals surface area (Å²) >= 11 is 5.81. The van der Waals surface area contributed by atoms with E-state index in [1.165, 1.54) is 0 Å². The van der Waals surface area contributed by atoms with Gasteiger partial charge in [-0.1, -0.05) is 11.6 Å². The van der Waals surface area contributed by atoms with Gasteiger partial charge in [0.1, 0.15) is 0 Å². The second-order valence-corrected chi connectivity index (χ2v) is 3.31. The molecule has 3 heteroatoms. The number of hydrogen-bond donors (Lipinski definition) is 0. The average Bonchev–Trinajstić information content (AvgIpc) is 2.21. The molecule has 0 N–H and O–H groups in total. The minimum atomic E-state index is 0.761. The van der Waals surface area contributed by atoms with Gasteiger partial charge < -0.3 is 4.90 Å². The molecule has 0 radical (unpaired) electrons. The van der Waals surface area contributed by atoms with E-state index in [2.05, 4.69) is 16.8 Å². The van der Waals surface area contributed by atoms with Crippen molar-refractivity contribution in [2.45, 2.75) is 13.8 Å². The smallest absolute Gasteiger partial charge is 0.0894 e. The van der Waals surface area contributed by atoms with E-state index in [-0.39, 0.29) is 0 Å². The van der Waals surface area contributed by atoms with E-state index in [1.54, 1.807) is 0 Å². The first-order valence-corrected chi connectivity index (χ1v) is 5.17. The summed E-state index contributed by atoms with van der Waals surface area (Å²) in [7, 11) is 0. The summed E-state index contributed by atoms with van der Waals surface area (Å²) in [5.41, 5.74) is 1.12. The van der Waals surface area contributed by atoms with Gasteiger partial charge in [0, 0.05) is 23.8 Å². The summed E-state index contributed by atoms with van der Waals surface area (Å²) in [6.07, 6.45) is 1.86. The van der Waals surface area contributed by atoms with E-state index in [9.17, 15) is 0 Å². The Bertz CT molecular complexity index is 293. The highest BCUT2D eigenvalue weighted by molar-refractivity contribution is 6.30. The maximum atomic E-state index is 5.81. The summed E-state index contributed by atoms with van der Waals surface area (Å²) in [6, 6.07) is 7.76. The van der Waals surface area contributed by atoms with Crippen molar-refractivity contribution in [2.24, 2.45) is 4.99 Å². The normalized spacial score (nSPS) is 10.8. The Morgan fingerprint density at radius 3 is 2.43 bits per heavy atom. The fourth-order valence-corrected chi connectivity index (χ4v) is 1.27. The minimum Gasteiger partial charge on any atom is -0.333 e. The van der Waals surface area contributed by atoms with Crippen molar-refractivity contribution in [3.8, 4) is 0 Å². The first kappa shape index (κ1) is 11.1. The summed E-state index contributed by atoms with van der Waals surface area (Å²) in [5.74, 6) is 0. The van der Waals surface area contributed by atoms with Crippen LogP contribution in [0.5, 0.6) is 0 Å². The molecule has 0 saturated heterocycles. The van der Waals surface area contributed by atoms with E-state index < -0.39 is 0 Å². The van der Waals surface area contributed by atoms with Crippen LogP contribution in [0.15, 0.2) is 29.3 Å². The Morgan fingerprint density at radius 1 is 1.29 bits per heavy atom. The van der Waals surface area contributed by atoms with Crippen molar-refractivity contribution in [1.29, 1.82) is 0 Å². The van der Waals surface area contributed by atoms with Gasteiger partial charge in [-0.05, 0) is 38.1 Å².